The number of nitriles is 1. The van der Waals surface area contributed by atoms with Crippen molar-refractivity contribution in [2.24, 2.45) is 0 Å². The third-order valence-corrected chi connectivity index (χ3v) is 2.92. The number of rotatable bonds is 4. The van der Waals surface area contributed by atoms with Crippen molar-refractivity contribution in [3.05, 3.63) is 58.6 Å². The maximum Gasteiger partial charge on any atom is 0.255 e. The lowest BCUT2D eigenvalue weighted by atomic mass is 10.1. The largest absolute Gasteiger partial charge is 0.479 e. The van der Waals surface area contributed by atoms with Crippen molar-refractivity contribution in [1.29, 1.82) is 5.26 Å². The molecule has 0 atom stereocenters. The maximum absolute atomic E-state index is 12.2. The molecule has 1 N–H and O–H groups in total. The van der Waals surface area contributed by atoms with Crippen LogP contribution in [0.2, 0.25) is 5.02 Å². The van der Waals surface area contributed by atoms with E-state index >= 15 is 0 Å². The Hall–Kier alpha value is -2.51. The lowest BCUT2D eigenvalue weighted by Gasteiger charge is -2.08. The molecular weight excluding hydrogens is 288 g/mol. The number of ether oxygens (including phenoxy) is 1. The van der Waals surface area contributed by atoms with Crippen LogP contribution >= 0.6 is 11.6 Å². The molecule has 0 unspecified atom stereocenters. The number of carbonyl (C=O) groups excluding carboxylic acids is 1. The first kappa shape index (κ1) is 14.9. The average Bonchev–Trinajstić information content (AvgIpc) is 2.44. The predicted octanol–water partition coefficient (Wildman–Crippen LogP) is 3.80. The van der Waals surface area contributed by atoms with Crippen LogP contribution < -0.4 is 10.1 Å². The molecule has 0 fully saturated rings. The molecule has 0 saturated carbocycles. The van der Waals surface area contributed by atoms with Crippen molar-refractivity contribution in [1.82, 2.24) is 0 Å². The minimum atomic E-state index is -0.252. The van der Waals surface area contributed by atoms with E-state index in [0.29, 0.717) is 22.0 Å². The Morgan fingerprint density at radius 1 is 1.33 bits per heavy atom. The molecule has 0 aromatic heterocycles. The van der Waals surface area contributed by atoms with Gasteiger partial charge in [-0.25, -0.2) is 0 Å². The van der Waals surface area contributed by atoms with E-state index in [1.54, 1.807) is 42.5 Å². The molecule has 0 spiro atoms. The highest BCUT2D eigenvalue weighted by molar-refractivity contribution is 6.31. The van der Waals surface area contributed by atoms with Gasteiger partial charge in [0.2, 0.25) is 0 Å². The summed E-state index contributed by atoms with van der Waals surface area (Å²) in [6, 6.07) is 13.9. The SMILES string of the molecule is Cc1cc(Cl)cc(C(=O)Nc2cccc(OCC#N)c2)c1. The van der Waals surface area contributed by atoms with Gasteiger partial charge in [-0.3, -0.25) is 4.79 Å². The quantitative estimate of drug-likeness (QED) is 0.934. The molecule has 0 saturated heterocycles. The van der Waals surface area contributed by atoms with Crippen LogP contribution in [0.5, 0.6) is 5.75 Å². The summed E-state index contributed by atoms with van der Waals surface area (Å²) in [5.74, 6) is 0.273. The molecule has 2 rings (SSSR count). The van der Waals surface area contributed by atoms with E-state index in [9.17, 15) is 4.79 Å². The predicted molar refractivity (Wildman–Crippen MR) is 81.7 cm³/mol. The normalized spacial score (nSPS) is 9.76. The molecule has 21 heavy (non-hydrogen) atoms. The summed E-state index contributed by atoms with van der Waals surface area (Å²) >= 11 is 5.95. The number of anilines is 1. The molecule has 2 aromatic carbocycles. The Bertz CT molecular complexity index is 687. The summed E-state index contributed by atoms with van der Waals surface area (Å²) in [5, 5.41) is 11.8. The summed E-state index contributed by atoms with van der Waals surface area (Å²) in [7, 11) is 0. The molecule has 0 heterocycles. The third-order valence-electron chi connectivity index (χ3n) is 2.70. The lowest BCUT2D eigenvalue weighted by Crippen LogP contribution is -2.12. The fourth-order valence-electron chi connectivity index (χ4n) is 1.85. The second kappa shape index (κ2) is 6.78. The van der Waals surface area contributed by atoms with Crippen molar-refractivity contribution in [3.63, 3.8) is 0 Å². The van der Waals surface area contributed by atoms with Gasteiger partial charge in [-0.15, -0.1) is 0 Å². The molecule has 4 nitrogen and oxygen atoms in total. The van der Waals surface area contributed by atoms with Crippen LogP contribution in [-0.2, 0) is 0 Å². The number of nitrogens with zero attached hydrogens (tertiary/aromatic N) is 1. The second-order valence-electron chi connectivity index (χ2n) is 4.45. The van der Waals surface area contributed by atoms with Crippen LogP contribution in [0.3, 0.4) is 0 Å². The van der Waals surface area contributed by atoms with Gasteiger partial charge >= 0.3 is 0 Å². The summed E-state index contributed by atoms with van der Waals surface area (Å²) in [6.07, 6.45) is 0. The fourth-order valence-corrected chi connectivity index (χ4v) is 2.14. The Morgan fingerprint density at radius 3 is 2.86 bits per heavy atom. The maximum atomic E-state index is 12.2. The van der Waals surface area contributed by atoms with E-state index in [4.69, 9.17) is 21.6 Å². The first-order valence-electron chi connectivity index (χ1n) is 6.27. The van der Waals surface area contributed by atoms with Gasteiger partial charge in [0.15, 0.2) is 6.61 Å². The summed E-state index contributed by atoms with van der Waals surface area (Å²) in [6.45, 7) is 1.84. The van der Waals surface area contributed by atoms with Crippen LogP contribution in [0.4, 0.5) is 5.69 Å². The number of hydrogen-bond donors (Lipinski definition) is 1. The third kappa shape index (κ3) is 4.23. The molecular formula is C16H13ClN2O2. The monoisotopic (exact) mass is 300 g/mol. The molecule has 2 aromatic rings. The van der Waals surface area contributed by atoms with E-state index in [0.717, 1.165) is 5.56 Å². The smallest absolute Gasteiger partial charge is 0.255 e. The number of nitrogens with one attached hydrogen (secondary N) is 1. The van der Waals surface area contributed by atoms with Crippen molar-refractivity contribution in [3.8, 4) is 11.8 Å². The average molecular weight is 301 g/mol. The number of amides is 1. The van der Waals surface area contributed by atoms with Crippen molar-refractivity contribution in [2.45, 2.75) is 6.92 Å². The van der Waals surface area contributed by atoms with Gasteiger partial charge in [-0.1, -0.05) is 17.7 Å². The summed E-state index contributed by atoms with van der Waals surface area (Å²) < 4.78 is 5.19. The Morgan fingerprint density at radius 2 is 2.14 bits per heavy atom. The van der Waals surface area contributed by atoms with Crippen molar-refractivity contribution < 1.29 is 9.53 Å². The van der Waals surface area contributed by atoms with E-state index < -0.39 is 0 Å². The van der Waals surface area contributed by atoms with Gasteiger partial charge in [0.25, 0.3) is 5.91 Å². The highest BCUT2D eigenvalue weighted by Gasteiger charge is 2.08. The highest BCUT2D eigenvalue weighted by atomic mass is 35.5. The van der Waals surface area contributed by atoms with Crippen LogP contribution in [0.25, 0.3) is 0 Å². The van der Waals surface area contributed by atoms with Crippen molar-refractivity contribution in [2.75, 3.05) is 11.9 Å². The van der Waals surface area contributed by atoms with E-state index in [1.807, 2.05) is 13.0 Å². The molecule has 0 aliphatic rings. The fraction of sp³-hybridized carbons (Fsp3) is 0.125. The zero-order chi connectivity index (χ0) is 15.2. The summed E-state index contributed by atoms with van der Waals surface area (Å²) in [4.78, 5) is 12.2. The molecule has 0 aliphatic carbocycles. The number of benzene rings is 2. The topological polar surface area (TPSA) is 62.1 Å². The van der Waals surface area contributed by atoms with Gasteiger partial charge in [-0.05, 0) is 42.8 Å². The minimum absolute atomic E-state index is 0.0368. The standard InChI is InChI=1S/C16H13ClN2O2/c1-11-7-12(9-13(17)8-11)16(20)19-14-3-2-4-15(10-14)21-6-5-18/h2-4,7-10H,6H2,1H3,(H,19,20). The van der Waals surface area contributed by atoms with Crippen molar-refractivity contribution >= 4 is 23.2 Å². The van der Waals surface area contributed by atoms with E-state index in [1.165, 1.54) is 0 Å². The molecule has 0 aliphatic heterocycles. The van der Waals surface area contributed by atoms with Gasteiger partial charge in [0.05, 0.1) is 0 Å². The van der Waals surface area contributed by atoms with Gasteiger partial charge in [0, 0.05) is 22.3 Å². The molecule has 0 radical (unpaired) electrons. The number of aryl methyl sites for hydroxylation is 1. The Kier molecular flexibility index (Phi) is 4.81. The number of halogens is 1. The first-order valence-corrected chi connectivity index (χ1v) is 6.64. The van der Waals surface area contributed by atoms with Crippen LogP contribution in [-0.4, -0.2) is 12.5 Å². The van der Waals surface area contributed by atoms with Gasteiger partial charge < -0.3 is 10.1 Å². The second-order valence-corrected chi connectivity index (χ2v) is 4.88. The van der Waals surface area contributed by atoms with Crippen LogP contribution in [0, 0.1) is 18.3 Å². The first-order chi connectivity index (χ1) is 10.1. The van der Waals surface area contributed by atoms with E-state index in [2.05, 4.69) is 5.32 Å². The zero-order valence-electron chi connectivity index (χ0n) is 11.4. The number of carbonyl (C=O) groups is 1. The highest BCUT2D eigenvalue weighted by Crippen LogP contribution is 2.19. The van der Waals surface area contributed by atoms with Gasteiger partial charge in [-0.2, -0.15) is 5.26 Å². The van der Waals surface area contributed by atoms with Crippen LogP contribution in [0.15, 0.2) is 42.5 Å². The molecule has 1 amide bonds. The lowest BCUT2D eigenvalue weighted by molar-refractivity contribution is 0.102. The molecule has 5 heteroatoms. The Balaban J connectivity index is 2.14. The van der Waals surface area contributed by atoms with Gasteiger partial charge in [0.1, 0.15) is 11.8 Å². The number of hydrogen-bond acceptors (Lipinski definition) is 3. The van der Waals surface area contributed by atoms with Crippen LogP contribution in [0.1, 0.15) is 15.9 Å². The molecule has 0 bridgehead atoms. The Labute approximate surface area is 127 Å². The zero-order valence-corrected chi connectivity index (χ0v) is 12.1. The minimum Gasteiger partial charge on any atom is -0.479 e. The van der Waals surface area contributed by atoms with E-state index in [-0.39, 0.29) is 12.5 Å². The molecule has 106 valence electrons. The summed E-state index contributed by atoms with van der Waals surface area (Å²) in [5.41, 5.74) is 2.00.